The fourth-order valence-electron chi connectivity index (χ4n) is 2.99. The molecular formula is C15H21NO2. The van der Waals surface area contributed by atoms with Gasteiger partial charge in [-0.1, -0.05) is 24.3 Å². The van der Waals surface area contributed by atoms with E-state index in [0.29, 0.717) is 5.92 Å². The zero-order chi connectivity index (χ0) is 12.6. The van der Waals surface area contributed by atoms with Crippen molar-refractivity contribution in [3.63, 3.8) is 0 Å². The molecule has 3 nitrogen and oxygen atoms in total. The number of benzene rings is 1. The number of hydrogen-bond acceptors (Lipinski definition) is 3. The summed E-state index contributed by atoms with van der Waals surface area (Å²) in [5.74, 6) is 0.555. The highest BCUT2D eigenvalue weighted by Crippen LogP contribution is 2.44. The Morgan fingerprint density at radius 1 is 1.17 bits per heavy atom. The Morgan fingerprint density at radius 2 is 1.83 bits per heavy atom. The topological polar surface area (TPSA) is 43.7 Å². The molecule has 2 aliphatic rings. The van der Waals surface area contributed by atoms with Crippen molar-refractivity contribution < 1.29 is 10.2 Å². The molecule has 1 aromatic rings. The van der Waals surface area contributed by atoms with Gasteiger partial charge in [-0.05, 0) is 36.3 Å². The van der Waals surface area contributed by atoms with Crippen LogP contribution in [0.4, 0.5) is 0 Å². The van der Waals surface area contributed by atoms with Crippen LogP contribution in [0.15, 0.2) is 24.3 Å². The van der Waals surface area contributed by atoms with Gasteiger partial charge in [0, 0.05) is 19.6 Å². The van der Waals surface area contributed by atoms with Crippen LogP contribution >= 0.6 is 0 Å². The third kappa shape index (κ3) is 2.44. The molecule has 0 spiro atoms. The predicted molar refractivity (Wildman–Crippen MR) is 69.9 cm³/mol. The summed E-state index contributed by atoms with van der Waals surface area (Å²) in [7, 11) is 0. The van der Waals surface area contributed by atoms with Gasteiger partial charge in [0.15, 0.2) is 0 Å². The van der Waals surface area contributed by atoms with E-state index in [-0.39, 0.29) is 6.61 Å². The second-order valence-electron chi connectivity index (χ2n) is 5.81. The van der Waals surface area contributed by atoms with Gasteiger partial charge in [0.25, 0.3) is 0 Å². The van der Waals surface area contributed by atoms with Crippen molar-refractivity contribution in [2.45, 2.75) is 38.0 Å². The average molecular weight is 247 g/mol. The molecule has 1 atom stereocenters. The van der Waals surface area contributed by atoms with Crippen molar-refractivity contribution in [1.29, 1.82) is 0 Å². The van der Waals surface area contributed by atoms with Crippen molar-refractivity contribution in [2.24, 2.45) is 5.92 Å². The molecule has 3 heteroatoms. The normalized spacial score (nSPS) is 28.8. The molecule has 1 aliphatic carbocycles. The number of aliphatic hydroxyl groups excluding tert-OH is 1. The van der Waals surface area contributed by atoms with Gasteiger partial charge in [-0.25, -0.2) is 0 Å². The standard InChI is InChI=1S/C15H21NO2/c17-10-13-3-1-12(2-4-13)9-16-8-7-15(18,11-16)14-5-6-14/h1-4,14,17-18H,5-11H2. The lowest BCUT2D eigenvalue weighted by molar-refractivity contribution is 0.0263. The summed E-state index contributed by atoms with van der Waals surface area (Å²) in [5, 5.41) is 19.5. The predicted octanol–water partition coefficient (Wildman–Crippen LogP) is 1.53. The monoisotopic (exact) mass is 247 g/mol. The van der Waals surface area contributed by atoms with Crippen molar-refractivity contribution >= 4 is 0 Å². The fourth-order valence-corrected chi connectivity index (χ4v) is 2.99. The summed E-state index contributed by atoms with van der Waals surface area (Å²) in [6, 6.07) is 8.08. The van der Waals surface area contributed by atoms with Crippen LogP contribution in [0, 0.1) is 5.92 Å². The summed E-state index contributed by atoms with van der Waals surface area (Å²) in [6.07, 6.45) is 3.33. The van der Waals surface area contributed by atoms with Crippen LogP contribution in [-0.4, -0.2) is 33.8 Å². The fraction of sp³-hybridized carbons (Fsp3) is 0.600. The van der Waals surface area contributed by atoms with E-state index in [2.05, 4.69) is 17.0 Å². The minimum absolute atomic E-state index is 0.103. The van der Waals surface area contributed by atoms with Gasteiger partial charge >= 0.3 is 0 Å². The van der Waals surface area contributed by atoms with Gasteiger partial charge in [0.1, 0.15) is 0 Å². The summed E-state index contributed by atoms with van der Waals surface area (Å²) in [5.41, 5.74) is 1.80. The van der Waals surface area contributed by atoms with E-state index in [1.54, 1.807) is 0 Å². The van der Waals surface area contributed by atoms with E-state index >= 15 is 0 Å². The van der Waals surface area contributed by atoms with E-state index in [1.165, 1.54) is 18.4 Å². The SMILES string of the molecule is OCc1ccc(CN2CCC(O)(C3CC3)C2)cc1. The van der Waals surface area contributed by atoms with Crippen LogP contribution in [0.2, 0.25) is 0 Å². The Labute approximate surface area is 108 Å². The minimum Gasteiger partial charge on any atom is -0.392 e. The molecule has 0 radical (unpaired) electrons. The van der Waals surface area contributed by atoms with Crippen LogP contribution in [0.5, 0.6) is 0 Å². The Bertz CT molecular complexity index is 413. The van der Waals surface area contributed by atoms with Gasteiger partial charge in [0.2, 0.25) is 0 Å². The van der Waals surface area contributed by atoms with Crippen molar-refractivity contribution in [1.82, 2.24) is 4.90 Å². The second kappa shape index (κ2) is 4.65. The van der Waals surface area contributed by atoms with Gasteiger partial charge in [-0.3, -0.25) is 4.90 Å². The largest absolute Gasteiger partial charge is 0.392 e. The summed E-state index contributed by atoms with van der Waals surface area (Å²) in [6.45, 7) is 2.82. The van der Waals surface area contributed by atoms with Gasteiger partial charge in [-0.15, -0.1) is 0 Å². The number of hydrogen-bond donors (Lipinski definition) is 2. The Kier molecular flexibility index (Phi) is 3.14. The lowest BCUT2D eigenvalue weighted by Crippen LogP contribution is -2.35. The van der Waals surface area contributed by atoms with Crippen molar-refractivity contribution in [3.8, 4) is 0 Å². The highest BCUT2D eigenvalue weighted by atomic mass is 16.3. The molecule has 2 fully saturated rings. The Balaban J connectivity index is 1.59. The molecule has 0 aromatic heterocycles. The van der Waals surface area contributed by atoms with Crippen LogP contribution in [0.3, 0.4) is 0 Å². The molecule has 0 bridgehead atoms. The number of aliphatic hydroxyl groups is 2. The first-order valence-electron chi connectivity index (χ1n) is 6.83. The van der Waals surface area contributed by atoms with Crippen LogP contribution < -0.4 is 0 Å². The zero-order valence-corrected chi connectivity index (χ0v) is 10.7. The van der Waals surface area contributed by atoms with Crippen LogP contribution in [0.25, 0.3) is 0 Å². The van der Waals surface area contributed by atoms with Crippen molar-refractivity contribution in [2.75, 3.05) is 13.1 Å². The molecule has 1 saturated carbocycles. The average Bonchev–Trinajstić information content (AvgIpc) is 3.17. The van der Waals surface area contributed by atoms with Crippen LogP contribution in [0.1, 0.15) is 30.4 Å². The molecule has 1 heterocycles. The Morgan fingerprint density at radius 3 is 2.44 bits per heavy atom. The molecule has 0 amide bonds. The molecule has 18 heavy (non-hydrogen) atoms. The van der Waals surface area contributed by atoms with Crippen molar-refractivity contribution in [3.05, 3.63) is 35.4 Å². The van der Waals surface area contributed by atoms with E-state index in [0.717, 1.165) is 31.6 Å². The quantitative estimate of drug-likeness (QED) is 0.848. The van der Waals surface area contributed by atoms with Gasteiger partial charge in [-0.2, -0.15) is 0 Å². The third-order valence-corrected chi connectivity index (χ3v) is 4.31. The zero-order valence-electron chi connectivity index (χ0n) is 10.7. The van der Waals surface area contributed by atoms with E-state index in [4.69, 9.17) is 5.11 Å². The molecule has 98 valence electrons. The highest BCUT2D eigenvalue weighted by Gasteiger charge is 2.47. The molecule has 1 unspecified atom stereocenters. The number of β-amino-alcohol motifs (C(OH)–C–C–N with tert-alkyl or cyclic N) is 1. The molecule has 3 rings (SSSR count). The first-order valence-corrected chi connectivity index (χ1v) is 6.83. The first kappa shape index (κ1) is 12.2. The first-order chi connectivity index (χ1) is 8.69. The van der Waals surface area contributed by atoms with E-state index in [1.807, 2.05) is 12.1 Å². The van der Waals surface area contributed by atoms with Gasteiger partial charge in [0.05, 0.1) is 12.2 Å². The smallest absolute Gasteiger partial charge is 0.0814 e. The Hall–Kier alpha value is -0.900. The number of likely N-dealkylation sites (tertiary alicyclic amines) is 1. The summed E-state index contributed by atoms with van der Waals surface area (Å²) in [4.78, 5) is 2.34. The van der Waals surface area contributed by atoms with Crippen LogP contribution in [-0.2, 0) is 13.2 Å². The maximum atomic E-state index is 10.5. The highest BCUT2D eigenvalue weighted by molar-refractivity contribution is 5.22. The third-order valence-electron chi connectivity index (χ3n) is 4.31. The number of nitrogens with zero attached hydrogens (tertiary/aromatic N) is 1. The molecule has 2 N–H and O–H groups in total. The minimum atomic E-state index is -0.412. The van der Waals surface area contributed by atoms with Gasteiger partial charge < -0.3 is 10.2 Å². The lowest BCUT2D eigenvalue weighted by Gasteiger charge is -2.23. The summed E-state index contributed by atoms with van der Waals surface area (Å²) >= 11 is 0. The molecular weight excluding hydrogens is 226 g/mol. The molecule has 1 saturated heterocycles. The maximum Gasteiger partial charge on any atom is 0.0814 e. The number of rotatable bonds is 4. The maximum absolute atomic E-state index is 10.5. The van der Waals surface area contributed by atoms with E-state index in [9.17, 15) is 5.11 Å². The van der Waals surface area contributed by atoms with E-state index < -0.39 is 5.60 Å². The second-order valence-corrected chi connectivity index (χ2v) is 5.81. The lowest BCUT2D eigenvalue weighted by atomic mass is 9.97. The molecule has 1 aliphatic heterocycles. The molecule has 1 aromatic carbocycles. The summed E-state index contributed by atoms with van der Waals surface area (Å²) < 4.78 is 0.